The predicted molar refractivity (Wildman–Crippen MR) is 67.8 cm³/mol. The van der Waals surface area contributed by atoms with Gasteiger partial charge in [-0.1, -0.05) is 23.7 Å². The maximum absolute atomic E-state index is 12.0. The van der Waals surface area contributed by atoms with E-state index in [1.165, 1.54) is 12.4 Å². The molecule has 0 radical (unpaired) electrons. The zero-order valence-corrected chi connectivity index (χ0v) is 10.8. The second-order valence-corrected chi connectivity index (χ2v) is 4.15. The first-order valence-corrected chi connectivity index (χ1v) is 5.87. The highest BCUT2D eigenvalue weighted by atomic mass is 35.5. The Morgan fingerprint density at radius 3 is 3.00 bits per heavy atom. The van der Waals surface area contributed by atoms with Gasteiger partial charge in [0.2, 0.25) is 5.88 Å². The van der Waals surface area contributed by atoms with Crippen LogP contribution in [0.15, 0.2) is 23.0 Å². The van der Waals surface area contributed by atoms with Crippen molar-refractivity contribution in [3.8, 4) is 0 Å². The van der Waals surface area contributed by atoms with Crippen LogP contribution in [0.5, 0.6) is 0 Å². The molecule has 0 aliphatic heterocycles. The third kappa shape index (κ3) is 2.36. The molecular formula is C12H12ClN3O2. The van der Waals surface area contributed by atoms with Crippen molar-refractivity contribution in [2.45, 2.75) is 20.3 Å². The quantitative estimate of drug-likeness (QED) is 0.927. The summed E-state index contributed by atoms with van der Waals surface area (Å²) < 4.78 is 5.08. The van der Waals surface area contributed by atoms with Crippen LogP contribution in [0.25, 0.3) is 0 Å². The Morgan fingerprint density at radius 2 is 2.33 bits per heavy atom. The molecule has 0 saturated heterocycles. The van der Waals surface area contributed by atoms with E-state index < -0.39 is 0 Å². The summed E-state index contributed by atoms with van der Waals surface area (Å²) in [6.45, 7) is 3.80. The summed E-state index contributed by atoms with van der Waals surface area (Å²) in [5.74, 6) is 0.0288. The van der Waals surface area contributed by atoms with Crippen LogP contribution in [-0.4, -0.2) is 16.0 Å². The van der Waals surface area contributed by atoms with Gasteiger partial charge in [-0.2, -0.15) is 0 Å². The Labute approximate surface area is 109 Å². The molecule has 1 amide bonds. The van der Waals surface area contributed by atoms with Crippen molar-refractivity contribution in [2.24, 2.45) is 0 Å². The number of halogens is 1. The van der Waals surface area contributed by atoms with Crippen molar-refractivity contribution in [1.82, 2.24) is 10.1 Å². The molecule has 2 rings (SSSR count). The zero-order valence-electron chi connectivity index (χ0n) is 10.0. The summed E-state index contributed by atoms with van der Waals surface area (Å²) in [6.07, 6.45) is 3.66. The second kappa shape index (κ2) is 5.18. The lowest BCUT2D eigenvalue weighted by atomic mass is 10.2. The highest BCUT2D eigenvalue weighted by Gasteiger charge is 2.16. The van der Waals surface area contributed by atoms with Crippen LogP contribution in [0.4, 0.5) is 5.88 Å². The summed E-state index contributed by atoms with van der Waals surface area (Å²) in [5, 5.41) is 6.78. The highest BCUT2D eigenvalue weighted by Crippen LogP contribution is 2.21. The molecule has 0 aliphatic carbocycles. The molecule has 1 N–H and O–H groups in total. The van der Waals surface area contributed by atoms with Crippen molar-refractivity contribution in [2.75, 3.05) is 5.32 Å². The number of hydrogen-bond acceptors (Lipinski definition) is 4. The van der Waals surface area contributed by atoms with Crippen LogP contribution in [0.3, 0.4) is 0 Å². The number of aryl methyl sites for hydroxylation is 1. The van der Waals surface area contributed by atoms with Gasteiger partial charge in [-0.05, 0) is 19.4 Å². The molecule has 0 spiro atoms. The minimum atomic E-state index is -0.340. The molecule has 2 heterocycles. The molecule has 0 unspecified atom stereocenters. The first kappa shape index (κ1) is 12.6. The van der Waals surface area contributed by atoms with Gasteiger partial charge in [0.05, 0.1) is 16.3 Å². The fourth-order valence-electron chi connectivity index (χ4n) is 1.63. The predicted octanol–water partition coefficient (Wildman–Crippen LogP) is 2.85. The lowest BCUT2D eigenvalue weighted by Gasteiger charge is -2.04. The summed E-state index contributed by atoms with van der Waals surface area (Å²) in [6, 6.07) is 1.55. The monoisotopic (exact) mass is 265 g/mol. The molecular weight excluding hydrogens is 254 g/mol. The molecule has 2 aromatic rings. The van der Waals surface area contributed by atoms with Gasteiger partial charge in [-0.25, -0.2) is 0 Å². The summed E-state index contributed by atoms with van der Waals surface area (Å²) >= 11 is 5.89. The van der Waals surface area contributed by atoms with Gasteiger partial charge >= 0.3 is 0 Å². The number of amides is 1. The average Bonchev–Trinajstić information content (AvgIpc) is 2.70. The fourth-order valence-corrected chi connectivity index (χ4v) is 1.84. The van der Waals surface area contributed by atoms with E-state index in [0.29, 0.717) is 16.5 Å². The largest absolute Gasteiger partial charge is 0.338 e. The number of nitrogens with zero attached hydrogens (tertiary/aromatic N) is 2. The minimum Gasteiger partial charge on any atom is -0.338 e. The molecule has 2 aromatic heterocycles. The molecule has 6 heteroatoms. The van der Waals surface area contributed by atoms with Crippen LogP contribution in [0.2, 0.25) is 5.02 Å². The number of aromatic nitrogens is 2. The SMILES string of the molecule is CCc1c(C)noc1NC(=O)c1ccncc1Cl. The second-order valence-electron chi connectivity index (χ2n) is 3.74. The van der Waals surface area contributed by atoms with Gasteiger partial charge in [0.1, 0.15) is 0 Å². The lowest BCUT2D eigenvalue weighted by molar-refractivity contribution is 0.102. The number of carbonyl (C=O) groups is 1. The Hall–Kier alpha value is -1.88. The summed E-state index contributed by atoms with van der Waals surface area (Å²) in [4.78, 5) is 15.8. The van der Waals surface area contributed by atoms with Crippen molar-refractivity contribution in [3.05, 3.63) is 40.3 Å². The van der Waals surface area contributed by atoms with E-state index in [1.54, 1.807) is 6.07 Å². The normalized spacial score (nSPS) is 10.4. The van der Waals surface area contributed by atoms with E-state index in [-0.39, 0.29) is 5.91 Å². The van der Waals surface area contributed by atoms with Crippen molar-refractivity contribution in [1.29, 1.82) is 0 Å². The number of pyridine rings is 1. The Bertz CT molecular complexity index is 580. The third-order valence-corrected chi connectivity index (χ3v) is 2.88. The molecule has 0 saturated carbocycles. The average molecular weight is 266 g/mol. The maximum Gasteiger partial charge on any atom is 0.259 e. The third-order valence-electron chi connectivity index (χ3n) is 2.58. The van der Waals surface area contributed by atoms with Crippen molar-refractivity contribution >= 4 is 23.4 Å². The maximum atomic E-state index is 12.0. The molecule has 0 atom stereocenters. The zero-order chi connectivity index (χ0) is 13.1. The van der Waals surface area contributed by atoms with Gasteiger partial charge in [0.25, 0.3) is 5.91 Å². The number of rotatable bonds is 3. The van der Waals surface area contributed by atoms with E-state index in [4.69, 9.17) is 16.1 Å². The van der Waals surface area contributed by atoms with Gasteiger partial charge in [-0.15, -0.1) is 0 Å². The van der Waals surface area contributed by atoms with Crippen molar-refractivity contribution in [3.63, 3.8) is 0 Å². The van der Waals surface area contributed by atoms with Gasteiger partial charge in [-0.3, -0.25) is 15.1 Å². The van der Waals surface area contributed by atoms with E-state index >= 15 is 0 Å². The molecule has 18 heavy (non-hydrogen) atoms. The Kier molecular flexibility index (Phi) is 3.62. The first-order valence-electron chi connectivity index (χ1n) is 5.49. The number of nitrogens with one attached hydrogen (secondary N) is 1. The molecule has 5 nitrogen and oxygen atoms in total. The minimum absolute atomic E-state index is 0.296. The Balaban J connectivity index is 2.24. The van der Waals surface area contributed by atoms with Crippen LogP contribution < -0.4 is 5.32 Å². The molecule has 0 bridgehead atoms. The van der Waals surface area contributed by atoms with Gasteiger partial charge < -0.3 is 4.52 Å². The number of carbonyl (C=O) groups excluding carboxylic acids is 1. The van der Waals surface area contributed by atoms with Crippen LogP contribution in [0.1, 0.15) is 28.5 Å². The summed E-state index contributed by atoms with van der Waals surface area (Å²) in [7, 11) is 0. The van der Waals surface area contributed by atoms with Crippen molar-refractivity contribution < 1.29 is 9.32 Å². The van der Waals surface area contributed by atoms with E-state index in [2.05, 4.69) is 15.5 Å². The fraction of sp³-hybridized carbons (Fsp3) is 0.250. The van der Waals surface area contributed by atoms with Crippen LogP contribution >= 0.6 is 11.6 Å². The lowest BCUT2D eigenvalue weighted by Crippen LogP contribution is -2.13. The van der Waals surface area contributed by atoms with Crippen LogP contribution in [0, 0.1) is 6.92 Å². The molecule has 0 aromatic carbocycles. The number of anilines is 1. The molecule has 0 aliphatic rings. The van der Waals surface area contributed by atoms with E-state index in [9.17, 15) is 4.79 Å². The van der Waals surface area contributed by atoms with Crippen LogP contribution in [-0.2, 0) is 6.42 Å². The molecule has 94 valence electrons. The van der Waals surface area contributed by atoms with E-state index in [1.807, 2.05) is 13.8 Å². The smallest absolute Gasteiger partial charge is 0.259 e. The first-order chi connectivity index (χ1) is 8.63. The van der Waals surface area contributed by atoms with E-state index in [0.717, 1.165) is 17.7 Å². The molecule has 0 fully saturated rings. The Morgan fingerprint density at radius 1 is 1.56 bits per heavy atom. The summed E-state index contributed by atoms with van der Waals surface area (Å²) in [5.41, 5.74) is 2.00. The standard InChI is InChI=1S/C12H12ClN3O2/c1-3-8-7(2)16-18-12(8)15-11(17)9-4-5-14-6-10(9)13/h4-6H,3H2,1-2H3,(H,15,17). The number of hydrogen-bond donors (Lipinski definition) is 1. The topological polar surface area (TPSA) is 68.0 Å². The highest BCUT2D eigenvalue weighted by molar-refractivity contribution is 6.34. The van der Waals surface area contributed by atoms with Gasteiger partial charge in [0, 0.05) is 18.0 Å². The van der Waals surface area contributed by atoms with Gasteiger partial charge in [0.15, 0.2) is 0 Å².